The van der Waals surface area contributed by atoms with Gasteiger partial charge in [-0.2, -0.15) is 9.78 Å². The molecule has 0 radical (unpaired) electrons. The molecule has 2 N–H and O–H groups in total. The van der Waals surface area contributed by atoms with Gasteiger partial charge in [-0.3, -0.25) is 19.7 Å². The lowest BCUT2D eigenvalue weighted by atomic mass is 9.88. The molecule has 10 nitrogen and oxygen atoms in total. The molecule has 1 saturated carbocycles. The maximum absolute atomic E-state index is 13.3. The SMILES string of the molecule is NC(=O)COc1c(C=Nn2c(C3CCCCC3)nc3ccccc3c2=O)cc(Cl)cc1[N+](=O)[O-]. The molecule has 0 aliphatic heterocycles. The highest BCUT2D eigenvalue weighted by Gasteiger charge is 2.24. The highest BCUT2D eigenvalue weighted by molar-refractivity contribution is 6.31. The highest BCUT2D eigenvalue weighted by Crippen LogP contribution is 2.34. The van der Waals surface area contributed by atoms with E-state index < -0.39 is 23.1 Å². The normalized spacial score (nSPS) is 14.5. The van der Waals surface area contributed by atoms with E-state index in [-0.39, 0.29) is 27.8 Å². The largest absolute Gasteiger partial charge is 0.476 e. The molecule has 0 bridgehead atoms. The number of rotatable bonds is 7. The van der Waals surface area contributed by atoms with Gasteiger partial charge in [0.25, 0.3) is 11.5 Å². The number of halogens is 1. The quantitative estimate of drug-likeness (QED) is 0.308. The first-order chi connectivity index (χ1) is 16.3. The molecule has 1 amide bonds. The van der Waals surface area contributed by atoms with Crippen LogP contribution in [0.3, 0.4) is 0 Å². The molecule has 1 heterocycles. The molecule has 2 aromatic carbocycles. The van der Waals surface area contributed by atoms with Crippen LogP contribution in [0.25, 0.3) is 10.9 Å². The lowest BCUT2D eigenvalue weighted by molar-refractivity contribution is -0.385. The smallest absolute Gasteiger partial charge is 0.313 e. The fraction of sp³-hybridized carbons (Fsp3) is 0.304. The fourth-order valence-electron chi connectivity index (χ4n) is 4.13. The van der Waals surface area contributed by atoms with Crippen LogP contribution in [0.5, 0.6) is 5.75 Å². The number of nitrogens with two attached hydrogens (primary N) is 1. The van der Waals surface area contributed by atoms with Crippen molar-refractivity contribution in [1.82, 2.24) is 9.66 Å². The van der Waals surface area contributed by atoms with E-state index >= 15 is 0 Å². The Bertz CT molecular complexity index is 1350. The van der Waals surface area contributed by atoms with Crippen LogP contribution in [-0.4, -0.2) is 33.3 Å². The van der Waals surface area contributed by atoms with Crippen molar-refractivity contribution in [2.75, 3.05) is 6.61 Å². The first-order valence-corrected chi connectivity index (χ1v) is 11.2. The van der Waals surface area contributed by atoms with Gasteiger partial charge < -0.3 is 10.5 Å². The third kappa shape index (κ3) is 4.91. The van der Waals surface area contributed by atoms with Crippen molar-refractivity contribution >= 4 is 40.3 Å². The van der Waals surface area contributed by atoms with Crippen LogP contribution in [0.2, 0.25) is 5.02 Å². The van der Waals surface area contributed by atoms with Gasteiger partial charge >= 0.3 is 5.69 Å². The lowest BCUT2D eigenvalue weighted by Crippen LogP contribution is -2.25. The minimum Gasteiger partial charge on any atom is -0.476 e. The van der Waals surface area contributed by atoms with E-state index in [1.807, 2.05) is 6.07 Å². The number of nitro groups is 1. The number of nitro benzene ring substituents is 1. The van der Waals surface area contributed by atoms with Crippen LogP contribution in [0.15, 0.2) is 46.3 Å². The van der Waals surface area contributed by atoms with E-state index in [9.17, 15) is 19.7 Å². The summed E-state index contributed by atoms with van der Waals surface area (Å²) >= 11 is 6.08. The molecule has 3 aromatic rings. The number of ether oxygens (including phenoxy) is 1. The zero-order valence-corrected chi connectivity index (χ0v) is 18.9. The number of para-hydroxylation sites is 1. The van der Waals surface area contributed by atoms with Gasteiger partial charge in [0.1, 0.15) is 5.82 Å². The molecule has 1 aliphatic rings. The van der Waals surface area contributed by atoms with E-state index in [0.29, 0.717) is 16.7 Å². The van der Waals surface area contributed by atoms with E-state index in [1.54, 1.807) is 18.2 Å². The summed E-state index contributed by atoms with van der Waals surface area (Å²) in [5.74, 6) is -0.432. The highest BCUT2D eigenvalue weighted by atomic mass is 35.5. The molecule has 0 atom stereocenters. The Hall–Kier alpha value is -3.79. The second-order valence-corrected chi connectivity index (χ2v) is 8.48. The molecule has 1 fully saturated rings. The van der Waals surface area contributed by atoms with Crippen molar-refractivity contribution in [2.24, 2.45) is 10.8 Å². The fourth-order valence-corrected chi connectivity index (χ4v) is 4.35. The Kier molecular flexibility index (Phi) is 6.87. The Morgan fingerprint density at radius 2 is 2.03 bits per heavy atom. The summed E-state index contributed by atoms with van der Waals surface area (Å²) < 4.78 is 6.55. The molecule has 1 aromatic heterocycles. The number of aromatic nitrogens is 2. The summed E-state index contributed by atoms with van der Waals surface area (Å²) in [7, 11) is 0. The molecule has 34 heavy (non-hydrogen) atoms. The predicted octanol–water partition coefficient (Wildman–Crippen LogP) is 3.75. The van der Waals surface area contributed by atoms with E-state index in [2.05, 4.69) is 5.10 Å². The first kappa shape index (κ1) is 23.4. The number of hydrogen-bond donors (Lipinski definition) is 1. The van der Waals surface area contributed by atoms with E-state index in [0.717, 1.165) is 38.2 Å². The van der Waals surface area contributed by atoms with Crippen molar-refractivity contribution < 1.29 is 14.5 Å². The molecule has 11 heteroatoms. The third-order valence-electron chi connectivity index (χ3n) is 5.68. The lowest BCUT2D eigenvalue weighted by Gasteiger charge is -2.22. The van der Waals surface area contributed by atoms with E-state index in [4.69, 9.17) is 27.1 Å². The number of fused-ring (bicyclic) bond motifs is 1. The minimum atomic E-state index is -0.804. The van der Waals surface area contributed by atoms with Gasteiger partial charge in [0, 0.05) is 22.6 Å². The minimum absolute atomic E-state index is 0.0579. The van der Waals surface area contributed by atoms with Crippen LogP contribution in [0, 0.1) is 10.1 Å². The molecular formula is C23H22ClN5O5. The number of amides is 1. The summed E-state index contributed by atoms with van der Waals surface area (Å²) in [6.07, 6.45) is 6.21. The maximum atomic E-state index is 13.3. The van der Waals surface area contributed by atoms with Gasteiger partial charge in [-0.25, -0.2) is 4.98 Å². The van der Waals surface area contributed by atoms with Gasteiger partial charge in [0.15, 0.2) is 6.61 Å². The Balaban J connectivity index is 1.86. The van der Waals surface area contributed by atoms with Crippen LogP contribution in [0.1, 0.15) is 49.4 Å². The van der Waals surface area contributed by atoms with Gasteiger partial charge in [0.05, 0.1) is 22.0 Å². The Labute approximate surface area is 199 Å². The first-order valence-electron chi connectivity index (χ1n) is 10.8. The van der Waals surface area contributed by atoms with Crippen molar-refractivity contribution in [3.05, 3.63) is 73.3 Å². The second kappa shape index (κ2) is 10.0. The average molecular weight is 484 g/mol. The molecule has 1 aliphatic carbocycles. The third-order valence-corrected chi connectivity index (χ3v) is 5.90. The van der Waals surface area contributed by atoms with E-state index in [1.165, 1.54) is 17.0 Å². The van der Waals surface area contributed by atoms with Crippen LogP contribution < -0.4 is 16.0 Å². The Morgan fingerprint density at radius 1 is 1.29 bits per heavy atom. The molecule has 0 unspecified atom stereocenters. The van der Waals surface area contributed by atoms with Gasteiger partial charge in [0.2, 0.25) is 5.75 Å². The zero-order valence-electron chi connectivity index (χ0n) is 18.1. The van der Waals surface area contributed by atoms with Crippen LogP contribution in [0.4, 0.5) is 5.69 Å². The molecule has 0 spiro atoms. The molecule has 176 valence electrons. The van der Waals surface area contributed by atoms with Crippen molar-refractivity contribution in [2.45, 2.75) is 38.0 Å². The van der Waals surface area contributed by atoms with Crippen LogP contribution in [-0.2, 0) is 4.79 Å². The monoisotopic (exact) mass is 483 g/mol. The summed E-state index contributed by atoms with van der Waals surface area (Å²) in [5.41, 5.74) is 5.05. The van der Waals surface area contributed by atoms with Crippen molar-refractivity contribution in [3.63, 3.8) is 0 Å². The predicted molar refractivity (Wildman–Crippen MR) is 128 cm³/mol. The number of primary amides is 1. The van der Waals surface area contributed by atoms with Crippen LogP contribution >= 0.6 is 11.6 Å². The number of carbonyl (C=O) groups is 1. The van der Waals surface area contributed by atoms with Gasteiger partial charge in [-0.1, -0.05) is 43.0 Å². The number of benzene rings is 2. The summed E-state index contributed by atoms with van der Waals surface area (Å²) in [6, 6.07) is 9.52. The Morgan fingerprint density at radius 3 is 2.74 bits per heavy atom. The topological polar surface area (TPSA) is 143 Å². The van der Waals surface area contributed by atoms with Gasteiger partial charge in [-0.15, -0.1) is 0 Å². The molecular weight excluding hydrogens is 462 g/mol. The molecule has 4 rings (SSSR count). The van der Waals surface area contributed by atoms with Gasteiger partial charge in [-0.05, 0) is 31.0 Å². The number of nitrogens with zero attached hydrogens (tertiary/aromatic N) is 4. The maximum Gasteiger partial charge on any atom is 0.313 e. The number of hydrogen-bond acceptors (Lipinski definition) is 7. The number of carbonyl (C=O) groups excluding carboxylic acids is 1. The zero-order chi connectivity index (χ0) is 24.2. The standard InChI is InChI=1S/C23H22ClN5O5/c24-16-10-15(21(34-13-20(25)30)19(11-16)29(32)33)12-26-28-22(14-6-2-1-3-7-14)27-18-9-5-4-8-17(18)23(28)31/h4-5,8-12,14H,1-3,6-7,13H2,(H2,25,30). The van der Waals surface area contributed by atoms with Crippen molar-refractivity contribution in [3.8, 4) is 5.75 Å². The average Bonchev–Trinajstić information content (AvgIpc) is 2.82. The summed E-state index contributed by atoms with van der Waals surface area (Å²) in [5, 5.41) is 16.4. The molecule has 0 saturated heterocycles. The summed E-state index contributed by atoms with van der Waals surface area (Å²) in [6.45, 7) is -0.575. The van der Waals surface area contributed by atoms with Crippen molar-refractivity contribution in [1.29, 1.82) is 0 Å². The second-order valence-electron chi connectivity index (χ2n) is 8.04. The summed E-state index contributed by atoms with van der Waals surface area (Å²) in [4.78, 5) is 40.2.